The summed E-state index contributed by atoms with van der Waals surface area (Å²) < 4.78 is 32.6. The lowest BCUT2D eigenvalue weighted by Crippen LogP contribution is -2.28. The van der Waals surface area contributed by atoms with Gasteiger partial charge in [0.15, 0.2) is 0 Å². The quantitative estimate of drug-likeness (QED) is 0.0488. The summed E-state index contributed by atoms with van der Waals surface area (Å²) in [6.07, 6.45) is 24.4. The summed E-state index contributed by atoms with van der Waals surface area (Å²) in [5.74, 6) is -0.372. The minimum Gasteiger partial charge on any atom is -0.457 e. The Morgan fingerprint density at radius 1 is 0.811 bits per heavy atom. The van der Waals surface area contributed by atoms with E-state index in [9.17, 15) is 14.3 Å². The number of carbonyl (C=O) groups is 1. The van der Waals surface area contributed by atoms with Gasteiger partial charge in [-0.15, -0.1) is 0 Å². The van der Waals surface area contributed by atoms with Crippen molar-refractivity contribution in [2.75, 3.05) is 33.0 Å². The number of unbranched alkanes of at least 4 members (excludes halogenated alkanes) is 10. The smallest absolute Gasteiger partial charge is 0.457 e. The zero-order valence-electron chi connectivity index (χ0n) is 23.5. The number of carbonyl (C=O) groups excluding carboxylic acids is 1. The van der Waals surface area contributed by atoms with Crippen molar-refractivity contribution in [1.29, 1.82) is 0 Å². The predicted molar refractivity (Wildman–Crippen MR) is 150 cm³/mol. The molecular weight excluding hydrogens is 493 g/mol. The Morgan fingerprint density at radius 3 is 2.08 bits per heavy atom. The Balaban J connectivity index is 3.91. The molecule has 0 fully saturated rings. The molecule has 0 bridgehead atoms. The fraction of sp³-hybridized carbons (Fsp3) is 0.821. The molecule has 37 heavy (non-hydrogen) atoms. The lowest BCUT2D eigenvalue weighted by atomic mass is 10.1. The summed E-state index contributed by atoms with van der Waals surface area (Å²) in [7, 11) is -4.24. The van der Waals surface area contributed by atoms with Crippen LogP contribution in [-0.4, -0.2) is 49.9 Å². The van der Waals surface area contributed by atoms with Gasteiger partial charge in [0.2, 0.25) is 0 Å². The van der Waals surface area contributed by atoms with E-state index < -0.39 is 13.9 Å². The van der Waals surface area contributed by atoms with Gasteiger partial charge in [-0.2, -0.15) is 0 Å². The second-order valence-corrected chi connectivity index (χ2v) is 10.7. The highest BCUT2D eigenvalue weighted by Gasteiger charge is 2.25. The van der Waals surface area contributed by atoms with Crippen LogP contribution in [0.1, 0.15) is 110 Å². The van der Waals surface area contributed by atoms with Gasteiger partial charge in [0.25, 0.3) is 0 Å². The Kier molecular flexibility index (Phi) is 25.8. The van der Waals surface area contributed by atoms with Gasteiger partial charge in [-0.25, -0.2) is 4.57 Å². The molecule has 0 aliphatic carbocycles. The molecular formula is C28H54NO7P. The van der Waals surface area contributed by atoms with E-state index in [4.69, 9.17) is 24.3 Å². The molecule has 0 amide bonds. The molecule has 2 unspecified atom stereocenters. The lowest BCUT2D eigenvalue weighted by molar-refractivity contribution is -0.154. The average molecular weight is 548 g/mol. The van der Waals surface area contributed by atoms with Crippen LogP contribution in [0, 0.1) is 0 Å². The molecule has 0 radical (unpaired) electrons. The number of phosphoric acid groups is 1. The highest BCUT2D eigenvalue weighted by atomic mass is 31.2. The number of hydrogen-bond acceptors (Lipinski definition) is 7. The third-order valence-corrected chi connectivity index (χ3v) is 6.61. The standard InChI is InChI=1S/C28H54NO7P/c1-3-5-7-8-9-10-11-12-13-14-15-16-17-18-19-20-23-33-25-27(36-28(30)21-6-4-2)26-35-37(31,32)34-24-22-29/h9-10,12-13,27H,3-8,11,14-26,29H2,1-2H3,(H,31,32)/b10-9-,13-12-. The van der Waals surface area contributed by atoms with Crippen LogP contribution in [0.15, 0.2) is 24.3 Å². The number of allylic oxidation sites excluding steroid dienone is 4. The topological polar surface area (TPSA) is 117 Å². The molecule has 218 valence electrons. The molecule has 0 aromatic rings. The Labute approximate surface area is 226 Å². The van der Waals surface area contributed by atoms with E-state index in [0.29, 0.717) is 13.0 Å². The maximum Gasteiger partial charge on any atom is 0.472 e. The van der Waals surface area contributed by atoms with E-state index in [2.05, 4.69) is 31.2 Å². The molecule has 8 nitrogen and oxygen atoms in total. The molecule has 0 saturated heterocycles. The highest BCUT2D eigenvalue weighted by Crippen LogP contribution is 2.43. The second-order valence-electron chi connectivity index (χ2n) is 9.26. The predicted octanol–water partition coefficient (Wildman–Crippen LogP) is 7.01. The summed E-state index contributed by atoms with van der Waals surface area (Å²) >= 11 is 0. The number of nitrogens with two attached hydrogens (primary N) is 1. The van der Waals surface area contributed by atoms with Gasteiger partial charge in [-0.1, -0.05) is 83.1 Å². The summed E-state index contributed by atoms with van der Waals surface area (Å²) in [5, 5.41) is 0. The van der Waals surface area contributed by atoms with Gasteiger partial charge < -0.3 is 20.1 Å². The molecule has 0 saturated carbocycles. The maximum absolute atomic E-state index is 12.0. The molecule has 0 aromatic heterocycles. The molecule has 0 aliphatic heterocycles. The van der Waals surface area contributed by atoms with Gasteiger partial charge in [-0.3, -0.25) is 13.8 Å². The molecule has 3 N–H and O–H groups in total. The van der Waals surface area contributed by atoms with E-state index >= 15 is 0 Å². The minimum atomic E-state index is -4.24. The summed E-state index contributed by atoms with van der Waals surface area (Å²) in [4.78, 5) is 21.6. The highest BCUT2D eigenvalue weighted by molar-refractivity contribution is 7.47. The van der Waals surface area contributed by atoms with Crippen molar-refractivity contribution < 1.29 is 32.8 Å². The molecule has 2 atom stereocenters. The Morgan fingerprint density at radius 2 is 1.43 bits per heavy atom. The maximum atomic E-state index is 12.0. The second kappa shape index (κ2) is 26.6. The van der Waals surface area contributed by atoms with Crippen molar-refractivity contribution in [2.24, 2.45) is 5.73 Å². The lowest BCUT2D eigenvalue weighted by Gasteiger charge is -2.20. The third-order valence-electron chi connectivity index (χ3n) is 5.62. The van der Waals surface area contributed by atoms with Crippen LogP contribution >= 0.6 is 7.82 Å². The van der Waals surface area contributed by atoms with Crippen molar-refractivity contribution in [3.63, 3.8) is 0 Å². The number of phosphoric ester groups is 1. The van der Waals surface area contributed by atoms with E-state index in [1.54, 1.807) is 0 Å². The largest absolute Gasteiger partial charge is 0.472 e. The van der Waals surface area contributed by atoms with Gasteiger partial charge in [0, 0.05) is 19.6 Å². The molecule has 0 spiro atoms. The van der Waals surface area contributed by atoms with Gasteiger partial charge in [0.05, 0.1) is 19.8 Å². The first-order chi connectivity index (χ1) is 17.9. The monoisotopic (exact) mass is 547 g/mol. The molecule has 0 heterocycles. The number of rotatable bonds is 27. The summed E-state index contributed by atoms with van der Waals surface area (Å²) in [6.45, 7) is 4.59. The van der Waals surface area contributed by atoms with Crippen molar-refractivity contribution in [2.45, 2.75) is 116 Å². The zero-order chi connectivity index (χ0) is 27.5. The molecule has 0 aliphatic rings. The van der Waals surface area contributed by atoms with Gasteiger partial charge in [-0.05, 0) is 44.9 Å². The average Bonchev–Trinajstić information content (AvgIpc) is 2.88. The molecule has 9 heteroatoms. The van der Waals surface area contributed by atoms with Crippen molar-refractivity contribution in [3.05, 3.63) is 24.3 Å². The van der Waals surface area contributed by atoms with E-state index in [1.807, 2.05) is 6.92 Å². The number of ether oxygens (including phenoxy) is 2. The Bertz CT molecular complexity index is 628. The van der Waals surface area contributed by atoms with Crippen LogP contribution in [0.3, 0.4) is 0 Å². The van der Waals surface area contributed by atoms with E-state index in [1.165, 1.54) is 44.9 Å². The van der Waals surface area contributed by atoms with Gasteiger partial charge in [0.1, 0.15) is 6.10 Å². The van der Waals surface area contributed by atoms with Crippen LogP contribution in [0.2, 0.25) is 0 Å². The van der Waals surface area contributed by atoms with E-state index in [-0.39, 0.29) is 32.3 Å². The fourth-order valence-electron chi connectivity index (χ4n) is 3.47. The third kappa shape index (κ3) is 26.4. The molecule has 0 aromatic carbocycles. The fourth-order valence-corrected chi connectivity index (χ4v) is 4.24. The minimum absolute atomic E-state index is 0.0978. The summed E-state index contributed by atoms with van der Waals surface area (Å²) in [5.41, 5.74) is 5.28. The zero-order valence-corrected chi connectivity index (χ0v) is 24.3. The van der Waals surface area contributed by atoms with Crippen molar-refractivity contribution in [3.8, 4) is 0 Å². The number of hydrogen-bond donors (Lipinski definition) is 2. The number of esters is 1. The summed E-state index contributed by atoms with van der Waals surface area (Å²) in [6, 6.07) is 0. The van der Waals surface area contributed by atoms with Crippen molar-refractivity contribution >= 4 is 13.8 Å². The van der Waals surface area contributed by atoms with E-state index in [0.717, 1.165) is 44.9 Å². The first-order valence-corrected chi connectivity index (χ1v) is 15.8. The first kappa shape index (κ1) is 36.0. The van der Waals surface area contributed by atoms with Crippen LogP contribution in [0.25, 0.3) is 0 Å². The SMILES string of the molecule is CCCCC/C=C\C/C=C\CCCCCCCCOCC(COP(=O)(O)OCCN)OC(=O)CCCC. The van der Waals surface area contributed by atoms with Crippen LogP contribution in [0.4, 0.5) is 0 Å². The van der Waals surface area contributed by atoms with Crippen LogP contribution in [0.5, 0.6) is 0 Å². The van der Waals surface area contributed by atoms with Crippen LogP contribution in [-0.2, 0) is 27.9 Å². The normalized spacial score (nSPS) is 14.4. The first-order valence-electron chi connectivity index (χ1n) is 14.3. The van der Waals surface area contributed by atoms with Crippen molar-refractivity contribution in [1.82, 2.24) is 0 Å². The molecule has 0 rings (SSSR count). The van der Waals surface area contributed by atoms with Crippen LogP contribution < -0.4 is 5.73 Å². The van der Waals surface area contributed by atoms with Gasteiger partial charge >= 0.3 is 13.8 Å². The Hall–Kier alpha value is -1.02.